The number of ether oxygens (including phenoxy) is 1. The van der Waals surface area contributed by atoms with E-state index in [1.165, 1.54) is 17.7 Å². The molecule has 1 saturated carbocycles. The zero-order chi connectivity index (χ0) is 12.5. The Hall–Kier alpha value is -1.53. The van der Waals surface area contributed by atoms with Gasteiger partial charge in [0.2, 0.25) is 0 Å². The topological polar surface area (TPSA) is 16.8 Å². The summed E-state index contributed by atoms with van der Waals surface area (Å²) in [6.45, 7) is 8.26. The van der Waals surface area contributed by atoms with Crippen LogP contribution in [0.2, 0.25) is 0 Å². The maximum Gasteiger partial charge on any atom is 0.189 e. The number of methoxy groups -OCH3 is 1. The van der Waals surface area contributed by atoms with Crippen LogP contribution in [0.15, 0.2) is 18.2 Å². The van der Waals surface area contributed by atoms with Gasteiger partial charge in [-0.1, -0.05) is 12.1 Å². The van der Waals surface area contributed by atoms with Crippen molar-refractivity contribution in [3.8, 4) is 0 Å². The predicted molar refractivity (Wildman–Crippen MR) is 72.2 cm³/mol. The normalized spacial score (nSPS) is 26.1. The summed E-state index contributed by atoms with van der Waals surface area (Å²) in [5.74, 6) is 0. The van der Waals surface area contributed by atoms with Crippen LogP contribution in [0.3, 0.4) is 0 Å². The Balaban J connectivity index is 1.85. The number of hydrogen-bond donors (Lipinski definition) is 0. The first-order valence-electron chi connectivity index (χ1n) is 6.61. The lowest BCUT2D eigenvalue weighted by molar-refractivity contribution is 0.0250. The van der Waals surface area contributed by atoms with Gasteiger partial charge in [0.25, 0.3) is 0 Å². The maximum atomic E-state index is 7.14. The Labute approximate surface area is 108 Å². The molecule has 0 aromatic heterocycles. The van der Waals surface area contributed by atoms with Crippen molar-refractivity contribution in [2.24, 2.45) is 0 Å². The molecule has 2 aliphatic rings. The highest BCUT2D eigenvalue weighted by Crippen LogP contribution is 2.38. The van der Waals surface area contributed by atoms with Crippen LogP contribution in [-0.4, -0.2) is 25.8 Å². The number of fused-ring (bicyclic) bond motifs is 1. The van der Waals surface area contributed by atoms with Gasteiger partial charge in [-0.3, -0.25) is 0 Å². The van der Waals surface area contributed by atoms with Crippen molar-refractivity contribution in [1.82, 2.24) is 0 Å². The van der Waals surface area contributed by atoms with Crippen molar-refractivity contribution < 1.29 is 4.74 Å². The molecule has 0 radical (unpaired) electrons. The molecule has 1 fully saturated rings. The number of nitrogens with zero attached hydrogens (tertiary/aromatic N) is 2. The van der Waals surface area contributed by atoms with Gasteiger partial charge in [0.15, 0.2) is 5.69 Å². The minimum Gasteiger partial charge on any atom is -0.381 e. The Morgan fingerprint density at radius 2 is 2.22 bits per heavy atom. The number of hydrogen-bond acceptors (Lipinski definition) is 2. The van der Waals surface area contributed by atoms with Crippen LogP contribution in [0.1, 0.15) is 24.8 Å². The van der Waals surface area contributed by atoms with Crippen molar-refractivity contribution in [2.75, 3.05) is 18.6 Å². The third-order valence-electron chi connectivity index (χ3n) is 4.20. The zero-order valence-corrected chi connectivity index (χ0v) is 10.7. The fourth-order valence-corrected chi connectivity index (χ4v) is 3.02. The zero-order valence-electron chi connectivity index (χ0n) is 10.7. The lowest BCUT2D eigenvalue weighted by atomic mass is 9.85. The van der Waals surface area contributed by atoms with Crippen molar-refractivity contribution in [1.29, 1.82) is 0 Å². The summed E-state index contributed by atoms with van der Waals surface area (Å²) in [6.07, 6.45) is 5.05. The molecule has 0 bridgehead atoms. The van der Waals surface area contributed by atoms with E-state index >= 15 is 0 Å². The molecule has 1 aliphatic carbocycles. The van der Waals surface area contributed by atoms with Crippen LogP contribution >= 0.6 is 0 Å². The van der Waals surface area contributed by atoms with E-state index in [4.69, 9.17) is 11.3 Å². The summed E-state index contributed by atoms with van der Waals surface area (Å²) < 4.78 is 5.36. The summed E-state index contributed by atoms with van der Waals surface area (Å²) >= 11 is 0. The SMILES string of the molecule is [C-]#[N+]c1ccc2c(c1)N(C1CC(OC)C1)CCC2. The highest BCUT2D eigenvalue weighted by atomic mass is 16.5. The van der Waals surface area contributed by atoms with E-state index in [1.807, 2.05) is 6.07 Å². The van der Waals surface area contributed by atoms with Crippen LogP contribution in [-0.2, 0) is 11.2 Å². The van der Waals surface area contributed by atoms with Gasteiger partial charge in [-0.15, -0.1) is 0 Å². The van der Waals surface area contributed by atoms with Crippen molar-refractivity contribution in [3.05, 3.63) is 35.2 Å². The van der Waals surface area contributed by atoms with Crippen molar-refractivity contribution >= 4 is 11.4 Å². The average molecular weight is 242 g/mol. The lowest BCUT2D eigenvalue weighted by Gasteiger charge is -2.46. The fraction of sp³-hybridized carbons (Fsp3) is 0.533. The Kier molecular flexibility index (Phi) is 2.97. The first-order valence-corrected chi connectivity index (χ1v) is 6.61. The highest BCUT2D eigenvalue weighted by Gasteiger charge is 2.35. The molecule has 0 saturated heterocycles. The standard InChI is InChI=1S/C15H18N2O/c1-16-12-6-5-11-4-3-7-17(15(11)8-12)13-9-14(10-13)18-2/h5-6,8,13-14H,3-4,7,9-10H2,2H3. The average Bonchev–Trinajstić information content (AvgIpc) is 2.37. The molecule has 0 N–H and O–H groups in total. The molecule has 1 aliphatic heterocycles. The second-order valence-corrected chi connectivity index (χ2v) is 5.20. The van der Waals surface area contributed by atoms with E-state index in [-0.39, 0.29) is 0 Å². The number of aryl methyl sites for hydroxylation is 1. The predicted octanol–water partition coefficient (Wildman–Crippen LogP) is 3.17. The molecule has 18 heavy (non-hydrogen) atoms. The van der Waals surface area contributed by atoms with E-state index in [0.29, 0.717) is 12.1 Å². The molecular formula is C15H18N2O. The molecule has 94 valence electrons. The summed E-state index contributed by atoms with van der Waals surface area (Å²) in [5.41, 5.74) is 3.44. The third-order valence-corrected chi connectivity index (χ3v) is 4.20. The Bertz CT molecular complexity index is 486. The van der Waals surface area contributed by atoms with Crippen molar-refractivity contribution in [3.63, 3.8) is 0 Å². The minimum atomic E-state index is 0.435. The van der Waals surface area contributed by atoms with Gasteiger partial charge in [-0.25, -0.2) is 4.85 Å². The molecule has 0 amide bonds. The second kappa shape index (κ2) is 4.62. The smallest absolute Gasteiger partial charge is 0.189 e. The molecule has 0 unspecified atom stereocenters. The van der Waals surface area contributed by atoms with E-state index in [1.54, 1.807) is 7.11 Å². The van der Waals surface area contributed by atoms with Gasteiger partial charge in [0.1, 0.15) is 0 Å². The number of rotatable bonds is 2. The fourth-order valence-electron chi connectivity index (χ4n) is 3.02. The maximum absolute atomic E-state index is 7.14. The van der Waals surface area contributed by atoms with Crippen LogP contribution < -0.4 is 4.90 Å². The minimum absolute atomic E-state index is 0.435. The molecule has 3 heteroatoms. The number of benzene rings is 1. The summed E-state index contributed by atoms with van der Waals surface area (Å²) in [4.78, 5) is 6.04. The first-order chi connectivity index (χ1) is 8.81. The quantitative estimate of drug-likeness (QED) is 0.741. The Morgan fingerprint density at radius 1 is 1.39 bits per heavy atom. The highest BCUT2D eigenvalue weighted by molar-refractivity contribution is 5.65. The molecule has 0 spiro atoms. The van der Waals surface area contributed by atoms with Gasteiger partial charge >= 0.3 is 0 Å². The van der Waals surface area contributed by atoms with Gasteiger partial charge in [0, 0.05) is 25.4 Å². The summed E-state index contributed by atoms with van der Waals surface area (Å²) in [6, 6.07) is 6.73. The van der Waals surface area contributed by atoms with Crippen LogP contribution in [0.4, 0.5) is 11.4 Å². The largest absolute Gasteiger partial charge is 0.381 e. The van der Waals surface area contributed by atoms with Crippen molar-refractivity contribution in [2.45, 2.75) is 37.8 Å². The molecule has 3 rings (SSSR count). The van der Waals surface area contributed by atoms with Crippen LogP contribution in [0.25, 0.3) is 4.85 Å². The van der Waals surface area contributed by atoms with Gasteiger partial charge in [0.05, 0.1) is 12.7 Å². The van der Waals surface area contributed by atoms with E-state index < -0.39 is 0 Å². The van der Waals surface area contributed by atoms with Gasteiger partial charge in [-0.05, 0) is 37.3 Å². The first kappa shape index (κ1) is 11.6. The van der Waals surface area contributed by atoms with E-state index in [2.05, 4.69) is 21.9 Å². The molecule has 0 atom stereocenters. The Morgan fingerprint density at radius 3 is 2.94 bits per heavy atom. The molecule has 1 aromatic carbocycles. The van der Waals surface area contributed by atoms with E-state index in [9.17, 15) is 0 Å². The van der Waals surface area contributed by atoms with E-state index in [0.717, 1.165) is 31.5 Å². The lowest BCUT2D eigenvalue weighted by Crippen LogP contribution is -2.49. The summed E-state index contributed by atoms with van der Waals surface area (Å²) in [5, 5.41) is 0. The van der Waals surface area contributed by atoms with Gasteiger partial charge in [-0.2, -0.15) is 0 Å². The monoisotopic (exact) mass is 242 g/mol. The molecular weight excluding hydrogens is 224 g/mol. The van der Waals surface area contributed by atoms with Gasteiger partial charge < -0.3 is 9.64 Å². The molecule has 1 heterocycles. The van der Waals surface area contributed by atoms with Crippen LogP contribution in [0, 0.1) is 6.57 Å². The van der Waals surface area contributed by atoms with Crippen LogP contribution in [0.5, 0.6) is 0 Å². The number of anilines is 1. The molecule has 1 aromatic rings. The molecule has 3 nitrogen and oxygen atoms in total. The second-order valence-electron chi connectivity index (χ2n) is 5.20. The third kappa shape index (κ3) is 1.87. The summed E-state index contributed by atoms with van der Waals surface area (Å²) in [7, 11) is 1.79.